The third-order valence-corrected chi connectivity index (χ3v) is 9.69. The molecule has 0 spiro atoms. The molecule has 1 atom stereocenters. The molecule has 0 fully saturated rings. The second-order valence-corrected chi connectivity index (χ2v) is 15.2. The van der Waals surface area contributed by atoms with E-state index in [0.717, 1.165) is 16.9 Å². The lowest BCUT2D eigenvalue weighted by Gasteiger charge is -2.31. The van der Waals surface area contributed by atoms with Crippen LogP contribution < -0.4 is 10.0 Å². The van der Waals surface area contributed by atoms with E-state index in [1.807, 2.05) is 64.2 Å². The Labute approximate surface area is 281 Å². The Morgan fingerprint density at radius 1 is 0.609 bits per heavy atom. The van der Waals surface area contributed by atoms with Crippen LogP contribution in [0.1, 0.15) is 49.9 Å². The summed E-state index contributed by atoms with van der Waals surface area (Å²) in [7, 11) is 1.58. The van der Waals surface area contributed by atoms with Crippen molar-refractivity contribution in [1.29, 1.82) is 0 Å². The first-order valence-corrected chi connectivity index (χ1v) is 19.2. The average Bonchev–Trinajstić information content (AvgIpc) is 3.11. The highest BCUT2D eigenvalue weighted by atomic mass is 32.3. The van der Waals surface area contributed by atoms with Crippen molar-refractivity contribution in [2.75, 3.05) is 18.5 Å². The number of rotatable bonds is 12. The third kappa shape index (κ3) is 11.9. The van der Waals surface area contributed by atoms with Crippen molar-refractivity contribution in [2.24, 2.45) is 4.99 Å². The van der Waals surface area contributed by atoms with Gasteiger partial charge in [0, 0.05) is 6.21 Å². The highest BCUT2D eigenvalue weighted by Gasteiger charge is 2.16. The number of ether oxygens (including phenoxy) is 2. The Hall–Kier alpha value is -3.69. The Balaban J connectivity index is 0.00000139. The first-order valence-electron chi connectivity index (χ1n) is 16.0. The lowest BCUT2D eigenvalue weighted by molar-refractivity contribution is 0.107. The molecule has 46 heavy (non-hydrogen) atoms. The summed E-state index contributed by atoms with van der Waals surface area (Å²) in [5.41, 5.74) is 7.05. The molecule has 0 saturated carbocycles. The van der Waals surface area contributed by atoms with Gasteiger partial charge < -0.3 is 9.47 Å². The molecule has 0 bridgehead atoms. The van der Waals surface area contributed by atoms with Gasteiger partial charge in [-0.05, 0) is 80.4 Å². The normalized spacial score (nSPS) is 11.2. The number of hydrogen-bond acceptors (Lipinski definition) is 3. The third-order valence-electron chi connectivity index (χ3n) is 7.05. The second kappa shape index (κ2) is 19.7. The summed E-state index contributed by atoms with van der Waals surface area (Å²) in [5, 5.41) is 1.18. The van der Waals surface area contributed by atoms with Crippen LogP contribution in [-0.4, -0.2) is 24.7 Å². The molecule has 0 amide bonds. The minimum absolute atomic E-state index is 0.580. The van der Waals surface area contributed by atoms with E-state index >= 15 is 0 Å². The standard InChI is InChI=1S/C37H38NO2PS.2C2H6/c1-42(2,28-40-35-18-10-31(11-19-35)26-39-27-32-12-20-36(41)21-13-32)37-22-16-34(17-23-37)33-14-8-30(9-15-33)25-38-24-29-6-4-3-5-7-29;2*1-2/h3-23,25H,24,26-28,41H2,1-2H3;2*1-2H3. The van der Waals surface area contributed by atoms with E-state index in [0.29, 0.717) is 25.7 Å². The number of nitrogens with zero attached hydrogens (tertiary/aromatic N) is 1. The maximum absolute atomic E-state index is 6.24. The fourth-order valence-electron chi connectivity index (χ4n) is 4.48. The molecule has 0 aromatic heterocycles. The second-order valence-electron chi connectivity index (χ2n) is 10.8. The van der Waals surface area contributed by atoms with Gasteiger partial charge in [0.2, 0.25) is 0 Å². The van der Waals surface area contributed by atoms with Gasteiger partial charge >= 0.3 is 0 Å². The summed E-state index contributed by atoms with van der Waals surface area (Å²) in [6.07, 6.45) is 6.55. The lowest BCUT2D eigenvalue weighted by Crippen LogP contribution is -2.08. The molecule has 0 aliphatic rings. The van der Waals surface area contributed by atoms with Crippen LogP contribution >= 0.6 is 19.3 Å². The van der Waals surface area contributed by atoms with Crippen molar-refractivity contribution in [3.63, 3.8) is 0 Å². The Morgan fingerprint density at radius 2 is 1.13 bits per heavy atom. The van der Waals surface area contributed by atoms with E-state index in [2.05, 4.69) is 124 Å². The molecule has 0 aliphatic heterocycles. The predicted octanol–water partition coefficient (Wildman–Crippen LogP) is 10.7. The van der Waals surface area contributed by atoms with Crippen molar-refractivity contribution < 1.29 is 9.47 Å². The van der Waals surface area contributed by atoms with Gasteiger partial charge in [0.05, 0.1) is 19.8 Å². The number of aliphatic imine (C=N–C) groups is 1. The lowest BCUT2D eigenvalue weighted by atomic mass is 10.0. The first kappa shape index (κ1) is 36.8. The zero-order valence-electron chi connectivity index (χ0n) is 28.3. The van der Waals surface area contributed by atoms with Crippen molar-refractivity contribution in [3.8, 4) is 16.9 Å². The van der Waals surface area contributed by atoms with E-state index < -0.39 is 10.0 Å². The summed E-state index contributed by atoms with van der Waals surface area (Å²) in [6, 6.07) is 44.4. The molecule has 0 radical (unpaired) electrons. The van der Waals surface area contributed by atoms with Gasteiger partial charge in [0.25, 0.3) is 0 Å². The van der Waals surface area contributed by atoms with Gasteiger partial charge in [0.1, 0.15) is 11.7 Å². The van der Waals surface area contributed by atoms with Crippen LogP contribution in [0.5, 0.6) is 5.75 Å². The molecule has 0 aliphatic carbocycles. The molecule has 1 unspecified atom stereocenters. The van der Waals surface area contributed by atoms with Gasteiger partial charge in [-0.25, -0.2) is 0 Å². The highest BCUT2D eigenvalue weighted by Crippen LogP contribution is 2.49. The summed E-state index contributed by atoms with van der Waals surface area (Å²) in [5.74, 6) is 1.56. The van der Waals surface area contributed by atoms with Crippen molar-refractivity contribution in [2.45, 2.75) is 52.3 Å². The minimum Gasteiger partial charge on any atom is -0.484 e. The van der Waals surface area contributed by atoms with Crippen LogP contribution in [0.2, 0.25) is 0 Å². The molecule has 5 aromatic rings. The quantitative estimate of drug-likeness (QED) is 0.0993. The maximum atomic E-state index is 6.24. The van der Waals surface area contributed by atoms with E-state index in [4.69, 9.17) is 9.47 Å². The molecule has 5 heteroatoms. The molecule has 0 heterocycles. The maximum Gasteiger partial charge on any atom is 0.122 e. The van der Waals surface area contributed by atoms with Crippen LogP contribution in [0.3, 0.4) is 0 Å². The summed E-state index contributed by atoms with van der Waals surface area (Å²) in [4.78, 5) is 5.91. The van der Waals surface area contributed by atoms with Crippen LogP contribution in [0.25, 0.3) is 11.1 Å². The van der Waals surface area contributed by atoms with Crippen LogP contribution in [-0.2, 0) is 24.5 Å². The minimum atomic E-state index is -1.12. The smallest absolute Gasteiger partial charge is 0.122 e. The fourth-order valence-corrected chi connectivity index (χ4v) is 6.12. The predicted molar refractivity (Wildman–Crippen MR) is 206 cm³/mol. The topological polar surface area (TPSA) is 30.8 Å². The summed E-state index contributed by atoms with van der Waals surface area (Å²) >= 11 is 0. The highest BCUT2D eigenvalue weighted by molar-refractivity contribution is 8.32. The first-order chi connectivity index (χ1) is 22.4. The van der Waals surface area contributed by atoms with Crippen molar-refractivity contribution in [1.82, 2.24) is 0 Å². The molecular weight excluding hydrogens is 601 g/mol. The molecule has 0 saturated heterocycles. The Bertz CT molecular complexity index is 1570. The van der Waals surface area contributed by atoms with Crippen molar-refractivity contribution >= 4 is 30.8 Å². The van der Waals surface area contributed by atoms with E-state index in [9.17, 15) is 0 Å². The van der Waals surface area contributed by atoms with Crippen molar-refractivity contribution in [3.05, 3.63) is 150 Å². The SMILES string of the molecule is CC.CC.CS(C)(COc1ccc(COCc2ccc(P)cc2)cc1)c1ccc(-c2ccc(C=NCc3ccccc3)cc2)cc1. The van der Waals surface area contributed by atoms with Gasteiger partial charge in [-0.2, -0.15) is 10.0 Å². The Kier molecular flexibility index (Phi) is 15.8. The molecule has 5 aromatic carbocycles. The zero-order valence-corrected chi connectivity index (χ0v) is 30.3. The van der Waals surface area contributed by atoms with E-state index in [1.54, 1.807) is 0 Å². The fraction of sp³-hybridized carbons (Fsp3) is 0.244. The molecular formula is C41H50NO2PS. The van der Waals surface area contributed by atoms with Crippen LogP contribution in [0.15, 0.2) is 137 Å². The van der Waals surface area contributed by atoms with Gasteiger partial charge in [-0.15, -0.1) is 9.24 Å². The van der Waals surface area contributed by atoms with E-state index in [-0.39, 0.29) is 0 Å². The monoisotopic (exact) mass is 651 g/mol. The number of benzene rings is 5. The average molecular weight is 652 g/mol. The Morgan fingerprint density at radius 3 is 1.70 bits per heavy atom. The summed E-state index contributed by atoms with van der Waals surface area (Å²) in [6.45, 7) is 9.88. The molecule has 0 N–H and O–H groups in total. The van der Waals surface area contributed by atoms with Gasteiger partial charge in [-0.1, -0.05) is 131 Å². The molecule has 3 nitrogen and oxygen atoms in total. The molecule has 242 valence electrons. The van der Waals surface area contributed by atoms with E-state index in [1.165, 1.54) is 32.5 Å². The van der Waals surface area contributed by atoms with Gasteiger partial charge in [0.15, 0.2) is 0 Å². The zero-order chi connectivity index (χ0) is 33.2. The van der Waals surface area contributed by atoms with Crippen LogP contribution in [0, 0.1) is 0 Å². The van der Waals surface area contributed by atoms with Gasteiger partial charge in [-0.3, -0.25) is 4.99 Å². The number of hydrogen-bond donors (Lipinski definition) is 0. The largest absolute Gasteiger partial charge is 0.484 e. The molecule has 5 rings (SSSR count). The summed E-state index contributed by atoms with van der Waals surface area (Å²) < 4.78 is 12.1. The van der Waals surface area contributed by atoms with Crippen LogP contribution in [0.4, 0.5) is 0 Å².